The minimum absolute atomic E-state index is 0.0574. The third-order valence-corrected chi connectivity index (χ3v) is 3.52. The molecule has 0 bridgehead atoms. The topological polar surface area (TPSA) is 82.2 Å². The van der Waals surface area contributed by atoms with Crippen molar-refractivity contribution in [2.24, 2.45) is 5.41 Å². The number of aliphatic hydroxyl groups excluding tert-OH is 1. The Balaban J connectivity index is 1.98. The van der Waals surface area contributed by atoms with E-state index in [0.717, 1.165) is 18.5 Å². The van der Waals surface area contributed by atoms with Gasteiger partial charge in [-0.15, -0.1) is 0 Å². The van der Waals surface area contributed by atoms with E-state index in [2.05, 4.69) is 10.3 Å². The van der Waals surface area contributed by atoms with Gasteiger partial charge >= 0.3 is 0 Å². The zero-order valence-electron chi connectivity index (χ0n) is 10.5. The average molecular weight is 250 g/mol. The summed E-state index contributed by atoms with van der Waals surface area (Å²) in [6.45, 7) is 2.43. The Morgan fingerprint density at radius 2 is 2.22 bits per heavy atom. The lowest BCUT2D eigenvalue weighted by Crippen LogP contribution is -2.34. The summed E-state index contributed by atoms with van der Waals surface area (Å²) in [6.07, 6.45) is 2.76. The van der Waals surface area contributed by atoms with Crippen LogP contribution in [0.4, 0.5) is 0 Å². The second-order valence-electron chi connectivity index (χ2n) is 5.04. The number of hydrogen-bond donors (Lipinski definition) is 3. The fourth-order valence-electron chi connectivity index (χ4n) is 2.04. The number of aliphatic hydroxyl groups is 1. The van der Waals surface area contributed by atoms with Crippen LogP contribution in [0.25, 0.3) is 0 Å². The van der Waals surface area contributed by atoms with E-state index in [1.165, 1.54) is 6.07 Å². The standard InChI is InChI=1S/C13H18N2O3/c1-9-2-3-10(12(18)15-9)11(17)14-8-13(4-5-13)6-7-16/h2-3,16H,4-8H2,1H3,(H,14,17)(H,15,18). The van der Waals surface area contributed by atoms with Gasteiger partial charge in [0, 0.05) is 18.8 Å². The monoisotopic (exact) mass is 250 g/mol. The van der Waals surface area contributed by atoms with Crippen molar-refractivity contribution in [1.82, 2.24) is 10.3 Å². The molecule has 98 valence electrons. The molecule has 5 heteroatoms. The summed E-state index contributed by atoms with van der Waals surface area (Å²) in [7, 11) is 0. The minimum atomic E-state index is -0.362. The van der Waals surface area contributed by atoms with Gasteiger partial charge in [0.15, 0.2) is 0 Å². The molecule has 3 N–H and O–H groups in total. The lowest BCUT2D eigenvalue weighted by atomic mass is 10.0. The molecule has 0 saturated heterocycles. The molecule has 1 saturated carbocycles. The fraction of sp³-hybridized carbons (Fsp3) is 0.538. The van der Waals surface area contributed by atoms with Crippen LogP contribution in [-0.2, 0) is 0 Å². The molecule has 1 aromatic heterocycles. The number of rotatable bonds is 5. The van der Waals surface area contributed by atoms with Crippen LogP contribution in [0.3, 0.4) is 0 Å². The maximum atomic E-state index is 11.9. The van der Waals surface area contributed by atoms with Gasteiger partial charge in [0.05, 0.1) is 0 Å². The molecular formula is C13H18N2O3. The van der Waals surface area contributed by atoms with Crippen LogP contribution in [0.15, 0.2) is 16.9 Å². The van der Waals surface area contributed by atoms with Crippen molar-refractivity contribution in [3.63, 3.8) is 0 Å². The van der Waals surface area contributed by atoms with Gasteiger partial charge in [-0.25, -0.2) is 0 Å². The number of hydrogen-bond acceptors (Lipinski definition) is 3. The van der Waals surface area contributed by atoms with Gasteiger partial charge < -0.3 is 15.4 Å². The van der Waals surface area contributed by atoms with Gasteiger partial charge in [0.1, 0.15) is 5.56 Å². The zero-order chi connectivity index (χ0) is 13.2. The summed E-state index contributed by atoms with van der Waals surface area (Å²) in [5.41, 5.74) is 0.567. The van der Waals surface area contributed by atoms with Crippen LogP contribution in [0, 0.1) is 12.3 Å². The first kappa shape index (κ1) is 12.8. The number of pyridine rings is 1. The molecule has 0 spiro atoms. The molecule has 1 aliphatic carbocycles. The summed E-state index contributed by atoms with van der Waals surface area (Å²) < 4.78 is 0. The van der Waals surface area contributed by atoms with Crippen molar-refractivity contribution < 1.29 is 9.90 Å². The SMILES string of the molecule is Cc1ccc(C(=O)NCC2(CCO)CC2)c(=O)[nH]1. The van der Waals surface area contributed by atoms with Crippen molar-refractivity contribution >= 4 is 5.91 Å². The Kier molecular flexibility index (Phi) is 3.52. The Hall–Kier alpha value is -1.62. The first-order valence-corrected chi connectivity index (χ1v) is 6.15. The molecule has 0 aliphatic heterocycles. The average Bonchev–Trinajstić information content (AvgIpc) is 3.07. The molecule has 0 atom stereocenters. The molecule has 1 aliphatic rings. The highest BCUT2D eigenvalue weighted by Gasteiger charge is 2.41. The third-order valence-electron chi connectivity index (χ3n) is 3.52. The van der Waals surface area contributed by atoms with Gasteiger partial charge in [-0.2, -0.15) is 0 Å². The number of aromatic amines is 1. The van der Waals surface area contributed by atoms with Crippen LogP contribution in [0.5, 0.6) is 0 Å². The number of amides is 1. The van der Waals surface area contributed by atoms with E-state index in [4.69, 9.17) is 5.11 Å². The summed E-state index contributed by atoms with van der Waals surface area (Å²) in [6, 6.07) is 3.24. The van der Waals surface area contributed by atoms with E-state index >= 15 is 0 Å². The molecule has 1 fully saturated rings. The summed E-state index contributed by atoms with van der Waals surface area (Å²) in [4.78, 5) is 26.1. The lowest BCUT2D eigenvalue weighted by molar-refractivity contribution is 0.0939. The first-order chi connectivity index (χ1) is 8.56. The van der Waals surface area contributed by atoms with E-state index in [1.807, 2.05) is 0 Å². The van der Waals surface area contributed by atoms with E-state index in [0.29, 0.717) is 13.0 Å². The number of aryl methyl sites for hydroxylation is 1. The van der Waals surface area contributed by atoms with Crippen LogP contribution in [-0.4, -0.2) is 29.1 Å². The number of carbonyl (C=O) groups is 1. The van der Waals surface area contributed by atoms with Gasteiger partial charge in [-0.05, 0) is 43.7 Å². The number of aromatic nitrogens is 1. The third kappa shape index (κ3) is 2.79. The second kappa shape index (κ2) is 4.94. The molecule has 2 rings (SSSR count). The van der Waals surface area contributed by atoms with Crippen molar-refractivity contribution in [3.8, 4) is 0 Å². The predicted molar refractivity (Wildman–Crippen MR) is 67.5 cm³/mol. The second-order valence-corrected chi connectivity index (χ2v) is 5.04. The molecule has 1 heterocycles. The number of H-pyrrole nitrogens is 1. The molecule has 0 aromatic carbocycles. The lowest BCUT2D eigenvalue weighted by Gasteiger charge is -2.14. The Labute approximate surface area is 105 Å². The number of carbonyl (C=O) groups excluding carboxylic acids is 1. The highest BCUT2D eigenvalue weighted by Crippen LogP contribution is 2.47. The predicted octanol–water partition coefficient (Wildman–Crippen LogP) is 0.576. The molecule has 18 heavy (non-hydrogen) atoms. The summed E-state index contributed by atoms with van der Waals surface area (Å²) in [5.74, 6) is -0.347. The van der Waals surface area contributed by atoms with Crippen LogP contribution < -0.4 is 10.9 Å². The largest absolute Gasteiger partial charge is 0.396 e. The smallest absolute Gasteiger partial charge is 0.260 e. The van der Waals surface area contributed by atoms with Crippen molar-refractivity contribution in [2.45, 2.75) is 26.2 Å². The van der Waals surface area contributed by atoms with E-state index in [9.17, 15) is 9.59 Å². The molecule has 0 radical (unpaired) electrons. The van der Waals surface area contributed by atoms with Crippen LogP contribution >= 0.6 is 0 Å². The Morgan fingerprint density at radius 3 is 2.78 bits per heavy atom. The Morgan fingerprint density at radius 1 is 1.50 bits per heavy atom. The highest BCUT2D eigenvalue weighted by molar-refractivity contribution is 5.93. The summed E-state index contributed by atoms with van der Waals surface area (Å²) >= 11 is 0. The van der Waals surface area contributed by atoms with Crippen molar-refractivity contribution in [2.75, 3.05) is 13.2 Å². The van der Waals surface area contributed by atoms with Crippen molar-refractivity contribution in [3.05, 3.63) is 33.7 Å². The van der Waals surface area contributed by atoms with E-state index in [-0.39, 0.29) is 29.1 Å². The van der Waals surface area contributed by atoms with Crippen LogP contribution in [0.1, 0.15) is 35.3 Å². The van der Waals surface area contributed by atoms with E-state index < -0.39 is 0 Å². The first-order valence-electron chi connectivity index (χ1n) is 6.15. The minimum Gasteiger partial charge on any atom is -0.396 e. The molecular weight excluding hydrogens is 232 g/mol. The number of nitrogens with one attached hydrogen (secondary N) is 2. The van der Waals surface area contributed by atoms with Gasteiger partial charge in [-0.1, -0.05) is 0 Å². The van der Waals surface area contributed by atoms with Gasteiger partial charge in [-0.3, -0.25) is 9.59 Å². The molecule has 0 unspecified atom stereocenters. The quantitative estimate of drug-likeness (QED) is 0.714. The normalized spacial score (nSPS) is 16.3. The van der Waals surface area contributed by atoms with Gasteiger partial charge in [0.2, 0.25) is 0 Å². The highest BCUT2D eigenvalue weighted by atomic mass is 16.3. The zero-order valence-corrected chi connectivity index (χ0v) is 10.5. The van der Waals surface area contributed by atoms with Crippen LogP contribution in [0.2, 0.25) is 0 Å². The molecule has 5 nitrogen and oxygen atoms in total. The molecule has 1 amide bonds. The maximum Gasteiger partial charge on any atom is 0.260 e. The van der Waals surface area contributed by atoms with Gasteiger partial charge in [0.25, 0.3) is 11.5 Å². The van der Waals surface area contributed by atoms with E-state index in [1.54, 1.807) is 13.0 Å². The Bertz CT molecular complexity index is 503. The fourth-order valence-corrected chi connectivity index (χ4v) is 2.04. The maximum absolute atomic E-state index is 11.9. The van der Waals surface area contributed by atoms with Crippen molar-refractivity contribution in [1.29, 1.82) is 0 Å². The molecule has 1 aromatic rings. The summed E-state index contributed by atoms with van der Waals surface area (Å²) in [5, 5.41) is 11.7.